The minimum atomic E-state index is 0.0874. The Morgan fingerprint density at radius 1 is 0.250 bits per heavy atom. The molecule has 0 spiro atoms. The highest BCUT2D eigenvalue weighted by Gasteiger charge is 2.36. The Bertz CT molecular complexity index is 6560. The predicted octanol–water partition coefficient (Wildman–Crippen LogP) is 25.7. The first-order valence-electron chi connectivity index (χ1n) is 36.8. The average molecular weight is 1380 g/mol. The van der Waals surface area contributed by atoms with Crippen LogP contribution in [0.2, 0.25) is 0 Å². The molecular weight excluding hydrogens is 1310 g/mol. The number of rotatable bonds is 13. The number of benzene rings is 14. The van der Waals surface area contributed by atoms with Crippen molar-refractivity contribution in [1.29, 1.82) is 0 Å². The Balaban J connectivity index is 0.613. The van der Waals surface area contributed by atoms with Crippen molar-refractivity contribution in [3.8, 4) is 123 Å². The fourth-order valence-corrected chi connectivity index (χ4v) is 16.5. The fraction of sp³-hybridized carbons (Fsp3) is 0.0196. The quantitative estimate of drug-likeness (QED) is 0.107. The van der Waals surface area contributed by atoms with Crippen LogP contribution in [0.3, 0.4) is 0 Å². The van der Waals surface area contributed by atoms with Crippen LogP contribution in [0.15, 0.2) is 394 Å². The zero-order valence-electron chi connectivity index (χ0n) is 58.8. The monoisotopic (exact) mass is 1370 g/mol. The Labute approximate surface area is 626 Å². The van der Waals surface area contributed by atoms with Gasteiger partial charge < -0.3 is 0 Å². The summed E-state index contributed by atoms with van der Waals surface area (Å²) in [5.74, 6) is 1.54. The third-order valence-electron chi connectivity index (χ3n) is 21.7. The molecule has 108 heavy (non-hydrogen) atoms. The minimum absolute atomic E-state index is 0.0874. The number of aromatic nitrogens is 6. The number of allylic oxidation sites excluding steroid dienone is 5. The summed E-state index contributed by atoms with van der Waals surface area (Å²) < 4.78 is 0. The lowest BCUT2D eigenvalue weighted by molar-refractivity contribution is 0.649. The van der Waals surface area contributed by atoms with Crippen LogP contribution in [0.5, 0.6) is 0 Å². The summed E-state index contributed by atoms with van der Waals surface area (Å²) in [5, 5.41) is 9.53. The minimum Gasteiger partial charge on any atom is -0.264 e. The van der Waals surface area contributed by atoms with E-state index in [1.807, 2.05) is 36.8 Å². The van der Waals surface area contributed by atoms with Gasteiger partial charge in [0.15, 0.2) is 11.6 Å². The summed E-state index contributed by atoms with van der Waals surface area (Å²) >= 11 is 0. The van der Waals surface area contributed by atoms with Crippen molar-refractivity contribution in [1.82, 2.24) is 29.9 Å². The van der Waals surface area contributed by atoms with Crippen LogP contribution in [0.25, 0.3) is 172 Å². The van der Waals surface area contributed by atoms with E-state index in [1.54, 1.807) is 6.20 Å². The molecule has 0 saturated heterocycles. The van der Waals surface area contributed by atoms with Crippen LogP contribution in [0, 0.1) is 5.92 Å². The summed E-state index contributed by atoms with van der Waals surface area (Å²) in [5.41, 5.74) is 28.4. The molecule has 0 fully saturated rings. The maximum Gasteiger partial charge on any atom is 0.160 e. The van der Waals surface area contributed by atoms with E-state index in [1.165, 1.54) is 82.4 Å². The van der Waals surface area contributed by atoms with Crippen LogP contribution >= 0.6 is 0 Å². The van der Waals surface area contributed by atoms with Gasteiger partial charge in [0.05, 0.1) is 22.8 Å². The molecule has 0 amide bonds. The fourth-order valence-electron chi connectivity index (χ4n) is 16.5. The smallest absolute Gasteiger partial charge is 0.160 e. The van der Waals surface area contributed by atoms with Crippen molar-refractivity contribution >= 4 is 48.7 Å². The SMILES string of the molecule is C1=CC2=C(c3ccc(-c4ccc5cc(-c6cc(-c7ccc(-c8cccnc8)cc7)nc(-c7cccc(-c8c9ccccc9c(-c9cccc%10ccccc9%10)c9ccccc89)c7)n6)ccc5c4)cc3)c3ccccc3C(c3ccc(-c4nc(-c5ccccc5)cc(-c5ccc(-c6cccnc6)cc5)n4)cc3)C2C=C1. The van der Waals surface area contributed by atoms with Crippen LogP contribution < -0.4 is 0 Å². The predicted molar refractivity (Wildman–Crippen MR) is 446 cm³/mol. The zero-order valence-corrected chi connectivity index (χ0v) is 58.8. The molecule has 0 aliphatic heterocycles. The first-order valence-corrected chi connectivity index (χ1v) is 36.8. The van der Waals surface area contributed by atoms with E-state index < -0.39 is 0 Å². The summed E-state index contributed by atoms with van der Waals surface area (Å²) in [6.07, 6.45) is 16.5. The zero-order chi connectivity index (χ0) is 71.4. The number of fused-ring (bicyclic) bond motifs is 6. The van der Waals surface area contributed by atoms with E-state index in [0.29, 0.717) is 11.6 Å². The molecule has 0 saturated carbocycles. The van der Waals surface area contributed by atoms with Gasteiger partial charge in [-0.25, -0.2) is 19.9 Å². The molecule has 0 bridgehead atoms. The average Bonchev–Trinajstić information content (AvgIpc) is 0.733. The molecule has 14 aromatic carbocycles. The molecule has 2 aliphatic carbocycles. The van der Waals surface area contributed by atoms with Gasteiger partial charge in [-0.3, -0.25) is 9.97 Å². The van der Waals surface area contributed by atoms with E-state index in [-0.39, 0.29) is 11.8 Å². The van der Waals surface area contributed by atoms with E-state index in [4.69, 9.17) is 19.9 Å². The maximum atomic E-state index is 5.49. The Hall–Kier alpha value is -14.2. The highest BCUT2D eigenvalue weighted by molar-refractivity contribution is 6.23. The first-order chi connectivity index (χ1) is 53.5. The topological polar surface area (TPSA) is 77.3 Å². The van der Waals surface area contributed by atoms with Gasteiger partial charge in [-0.15, -0.1) is 0 Å². The molecule has 4 heterocycles. The van der Waals surface area contributed by atoms with Gasteiger partial charge in [0.25, 0.3) is 0 Å². The maximum absolute atomic E-state index is 5.49. The lowest BCUT2D eigenvalue weighted by Crippen LogP contribution is -2.22. The molecular formula is C102H66N6. The van der Waals surface area contributed by atoms with Crippen LogP contribution in [-0.4, -0.2) is 29.9 Å². The molecule has 6 heteroatoms. The summed E-state index contributed by atoms with van der Waals surface area (Å²) in [6.45, 7) is 0. The lowest BCUT2D eigenvalue weighted by Gasteiger charge is -2.37. The molecule has 6 nitrogen and oxygen atoms in total. The van der Waals surface area contributed by atoms with Gasteiger partial charge in [-0.1, -0.05) is 322 Å². The molecule has 2 unspecified atom stereocenters. The normalized spacial score (nSPS) is 13.8. The van der Waals surface area contributed by atoms with E-state index in [2.05, 4.69) is 356 Å². The van der Waals surface area contributed by atoms with Gasteiger partial charge in [0.2, 0.25) is 0 Å². The highest BCUT2D eigenvalue weighted by atomic mass is 14.9. The van der Waals surface area contributed by atoms with Crippen molar-refractivity contribution in [3.63, 3.8) is 0 Å². The van der Waals surface area contributed by atoms with Gasteiger partial charge in [0, 0.05) is 70.0 Å². The number of hydrogen-bond acceptors (Lipinski definition) is 6. The number of pyridine rings is 2. The van der Waals surface area contributed by atoms with Crippen molar-refractivity contribution in [2.75, 3.05) is 0 Å². The Morgan fingerprint density at radius 3 is 1.32 bits per heavy atom. The van der Waals surface area contributed by atoms with Crippen LogP contribution in [-0.2, 0) is 0 Å². The first kappa shape index (κ1) is 63.5. The molecule has 4 aromatic heterocycles. The lowest BCUT2D eigenvalue weighted by atomic mass is 9.66. The molecule has 0 N–H and O–H groups in total. The second kappa shape index (κ2) is 27.1. The Kier molecular flexibility index (Phi) is 15.9. The van der Waals surface area contributed by atoms with Gasteiger partial charge >= 0.3 is 0 Å². The standard InChI is InChI=1S/C102H66N6/c1-2-19-69(20-3-1)93-61-94(70-42-36-66(37-43-70)81-24-16-56-103-63-81)106-101(105-93)74-50-48-73(49-51-74)98-87-29-8-6-27-85(87)97(86-28-7-9-30-88(86)98)72-46-40-65(41-47-72)75-52-53-77-59-78(55-54-76(77)58-75)96-62-95(71-44-38-67(39-45-71)82-25-17-57-104-64-82)107-102(108-96)80-23-14-22-79(60-80)99-89-31-10-12-33-91(89)100(92-34-13-11-32-90(92)99)84-35-15-21-68-18-4-5-26-83(68)84/h1-64,87,98H. The molecule has 20 rings (SSSR count). The van der Waals surface area contributed by atoms with Crippen molar-refractivity contribution in [2.45, 2.75) is 5.92 Å². The van der Waals surface area contributed by atoms with Crippen LogP contribution in [0.4, 0.5) is 0 Å². The summed E-state index contributed by atoms with van der Waals surface area (Å²) in [4.78, 5) is 30.1. The van der Waals surface area contributed by atoms with Crippen LogP contribution in [0.1, 0.15) is 28.2 Å². The summed E-state index contributed by atoms with van der Waals surface area (Å²) in [6, 6.07) is 123. The third kappa shape index (κ3) is 11.7. The number of hydrogen-bond donors (Lipinski definition) is 0. The van der Waals surface area contributed by atoms with Crippen molar-refractivity contribution in [3.05, 3.63) is 417 Å². The largest absolute Gasteiger partial charge is 0.264 e. The Morgan fingerprint density at radius 2 is 0.694 bits per heavy atom. The van der Waals surface area contributed by atoms with Crippen molar-refractivity contribution in [2.24, 2.45) is 5.92 Å². The van der Waals surface area contributed by atoms with Gasteiger partial charge in [-0.05, 0) is 175 Å². The van der Waals surface area contributed by atoms with E-state index in [0.717, 1.165) is 106 Å². The van der Waals surface area contributed by atoms with E-state index in [9.17, 15) is 0 Å². The molecule has 0 radical (unpaired) electrons. The summed E-state index contributed by atoms with van der Waals surface area (Å²) in [7, 11) is 0. The second-order valence-electron chi connectivity index (χ2n) is 28.0. The molecule has 2 aliphatic rings. The third-order valence-corrected chi connectivity index (χ3v) is 21.7. The molecule has 504 valence electrons. The second-order valence-corrected chi connectivity index (χ2v) is 28.0. The van der Waals surface area contributed by atoms with Crippen molar-refractivity contribution < 1.29 is 0 Å². The van der Waals surface area contributed by atoms with Gasteiger partial charge in [0.1, 0.15) is 0 Å². The highest BCUT2D eigenvalue weighted by Crippen LogP contribution is 2.52. The molecule has 2 atom stereocenters. The van der Waals surface area contributed by atoms with E-state index >= 15 is 0 Å². The molecule has 18 aromatic rings. The number of nitrogens with zero attached hydrogens (tertiary/aromatic N) is 6. The van der Waals surface area contributed by atoms with Gasteiger partial charge in [-0.2, -0.15) is 0 Å².